The van der Waals surface area contributed by atoms with Crippen LogP contribution in [-0.4, -0.2) is 48.9 Å². The van der Waals surface area contributed by atoms with E-state index >= 15 is 0 Å². The van der Waals surface area contributed by atoms with Gasteiger partial charge in [-0.1, -0.05) is 44.2 Å². The molecule has 10 heteroatoms. The van der Waals surface area contributed by atoms with E-state index in [1.807, 2.05) is 13.8 Å². The molecule has 0 aliphatic heterocycles. The van der Waals surface area contributed by atoms with Crippen LogP contribution in [0.15, 0.2) is 59.5 Å². The van der Waals surface area contributed by atoms with Crippen LogP contribution in [-0.2, 0) is 20.4 Å². The van der Waals surface area contributed by atoms with Gasteiger partial charge in [-0.2, -0.15) is 4.31 Å². The molecule has 0 saturated heterocycles. The van der Waals surface area contributed by atoms with Crippen LogP contribution in [0.1, 0.15) is 45.6 Å². The number of carbonyl (C=O) groups excluding carboxylic acids is 1. The fourth-order valence-electron chi connectivity index (χ4n) is 4.51. The molecule has 1 aliphatic carbocycles. The van der Waals surface area contributed by atoms with Crippen molar-refractivity contribution in [1.29, 1.82) is 0 Å². The van der Waals surface area contributed by atoms with E-state index in [0.29, 0.717) is 11.3 Å². The molecular formula is C26H35F2N3O4S. The zero-order chi connectivity index (χ0) is 26.7. The highest BCUT2D eigenvalue weighted by atomic mass is 32.2. The predicted octanol–water partition coefficient (Wildman–Crippen LogP) is 3.74. The molecule has 3 rings (SSSR count). The largest absolute Gasteiger partial charge is 0.399 e. The molecule has 2 aromatic carbocycles. The van der Waals surface area contributed by atoms with Gasteiger partial charge in [0.15, 0.2) is 0 Å². The van der Waals surface area contributed by atoms with E-state index in [2.05, 4.69) is 5.32 Å². The number of nitrogens with two attached hydrogens (primary N) is 1. The lowest BCUT2D eigenvalue weighted by molar-refractivity contribution is -0.129. The van der Waals surface area contributed by atoms with Crippen molar-refractivity contribution in [1.82, 2.24) is 9.62 Å². The Morgan fingerprint density at radius 2 is 1.78 bits per heavy atom. The number of benzene rings is 2. The first-order valence-electron chi connectivity index (χ1n) is 12.0. The smallest absolute Gasteiger partial charge is 0.248 e. The lowest BCUT2D eigenvalue weighted by Crippen LogP contribution is -2.57. The van der Waals surface area contributed by atoms with Gasteiger partial charge in [0.2, 0.25) is 21.9 Å². The Balaban J connectivity index is 1.93. The number of aliphatic hydroxyl groups is 1. The van der Waals surface area contributed by atoms with Crippen LogP contribution in [0.3, 0.4) is 0 Å². The topological polar surface area (TPSA) is 113 Å². The summed E-state index contributed by atoms with van der Waals surface area (Å²) in [6, 6.07) is 14.4. The van der Waals surface area contributed by atoms with Crippen LogP contribution in [0.25, 0.3) is 0 Å². The van der Waals surface area contributed by atoms with Crippen LogP contribution in [0.5, 0.6) is 0 Å². The fourth-order valence-corrected chi connectivity index (χ4v) is 6.12. The standard InChI is InChI=1S/C26H35F2N3O4S/c1-18(2)16-31(36(34,35)22-11-9-21(29)10-12-22)17-23(32)25(3,20-7-5-4-6-8-20)30-24(33)19-13-14-26(27,28)15-19/h4-12,18-19,23,32H,13-17,29H2,1-3H3,(H,30,33)/t19?,23-,25+/m1/s1. The SMILES string of the molecule is CC(C)CN(C[C@@H](O)[C@@](C)(NC(=O)C1CCC(F)(F)C1)c1ccccc1)S(=O)(=O)c1ccc(N)cc1. The zero-order valence-corrected chi connectivity index (χ0v) is 21.6. The third-order valence-corrected chi connectivity index (χ3v) is 8.51. The maximum absolute atomic E-state index is 13.8. The van der Waals surface area contributed by atoms with Gasteiger partial charge in [-0.25, -0.2) is 17.2 Å². The fraction of sp³-hybridized carbons (Fsp3) is 0.500. The number of nitrogens with one attached hydrogen (secondary N) is 1. The maximum Gasteiger partial charge on any atom is 0.248 e. The van der Waals surface area contributed by atoms with Crippen molar-refractivity contribution >= 4 is 21.6 Å². The number of halogens is 2. The summed E-state index contributed by atoms with van der Waals surface area (Å²) in [5.74, 6) is -4.43. The average Bonchev–Trinajstić information content (AvgIpc) is 3.19. The van der Waals surface area contributed by atoms with Gasteiger partial charge in [0.05, 0.1) is 16.5 Å². The Bertz CT molecular complexity index is 1140. The summed E-state index contributed by atoms with van der Waals surface area (Å²) in [5, 5.41) is 14.3. The monoisotopic (exact) mass is 523 g/mol. The molecule has 1 saturated carbocycles. The summed E-state index contributed by atoms with van der Waals surface area (Å²) in [6.07, 6.45) is -2.25. The molecular weight excluding hydrogens is 488 g/mol. The van der Waals surface area contributed by atoms with E-state index < -0.39 is 45.8 Å². The molecule has 4 N–H and O–H groups in total. The number of alkyl halides is 2. The number of sulfonamides is 1. The molecule has 0 bridgehead atoms. The van der Waals surface area contributed by atoms with Crippen molar-refractivity contribution in [2.24, 2.45) is 11.8 Å². The van der Waals surface area contributed by atoms with Gasteiger partial charge in [-0.3, -0.25) is 4.79 Å². The number of carbonyl (C=O) groups is 1. The molecule has 0 radical (unpaired) electrons. The van der Waals surface area contributed by atoms with Crippen molar-refractivity contribution in [3.8, 4) is 0 Å². The Kier molecular flexibility index (Phi) is 8.42. The minimum atomic E-state index is -4.00. The van der Waals surface area contributed by atoms with E-state index in [-0.39, 0.29) is 36.7 Å². The third-order valence-electron chi connectivity index (χ3n) is 6.66. The normalized spacial score (nSPS) is 20.3. The number of amides is 1. The summed E-state index contributed by atoms with van der Waals surface area (Å²) < 4.78 is 55.7. The summed E-state index contributed by atoms with van der Waals surface area (Å²) in [5.41, 5.74) is 5.23. The van der Waals surface area contributed by atoms with Gasteiger partial charge in [-0.05, 0) is 49.1 Å². The Morgan fingerprint density at radius 1 is 1.17 bits per heavy atom. The van der Waals surface area contributed by atoms with E-state index in [9.17, 15) is 27.1 Å². The molecule has 0 spiro atoms. The highest BCUT2D eigenvalue weighted by molar-refractivity contribution is 7.89. The van der Waals surface area contributed by atoms with Gasteiger partial charge in [-0.15, -0.1) is 0 Å². The molecule has 198 valence electrons. The zero-order valence-electron chi connectivity index (χ0n) is 20.8. The number of rotatable bonds is 10. The minimum Gasteiger partial charge on any atom is -0.399 e. The van der Waals surface area contributed by atoms with Gasteiger partial charge < -0.3 is 16.2 Å². The molecule has 1 unspecified atom stereocenters. The van der Waals surface area contributed by atoms with E-state index in [1.54, 1.807) is 37.3 Å². The summed E-state index contributed by atoms with van der Waals surface area (Å²) >= 11 is 0. The van der Waals surface area contributed by atoms with Crippen LogP contribution in [0.2, 0.25) is 0 Å². The number of aliphatic hydroxyl groups excluding tert-OH is 1. The highest BCUT2D eigenvalue weighted by Gasteiger charge is 2.46. The average molecular weight is 524 g/mol. The molecule has 3 atom stereocenters. The molecule has 2 aromatic rings. The van der Waals surface area contributed by atoms with Crippen molar-refractivity contribution < 1.29 is 27.1 Å². The Hall–Kier alpha value is -2.56. The van der Waals surface area contributed by atoms with E-state index in [0.717, 1.165) is 0 Å². The highest BCUT2D eigenvalue weighted by Crippen LogP contribution is 2.39. The summed E-state index contributed by atoms with van der Waals surface area (Å²) in [7, 11) is -4.00. The minimum absolute atomic E-state index is 0.0307. The van der Waals surface area contributed by atoms with Gasteiger partial charge in [0.25, 0.3) is 0 Å². The number of anilines is 1. The molecule has 1 amide bonds. The van der Waals surface area contributed by atoms with Gasteiger partial charge >= 0.3 is 0 Å². The van der Waals surface area contributed by atoms with Crippen molar-refractivity contribution in [3.63, 3.8) is 0 Å². The first-order valence-corrected chi connectivity index (χ1v) is 13.5. The number of hydrogen-bond donors (Lipinski definition) is 3. The Morgan fingerprint density at radius 3 is 2.31 bits per heavy atom. The maximum atomic E-state index is 13.8. The predicted molar refractivity (Wildman–Crippen MR) is 135 cm³/mol. The molecule has 0 heterocycles. The van der Waals surface area contributed by atoms with Crippen molar-refractivity contribution in [3.05, 3.63) is 60.2 Å². The van der Waals surface area contributed by atoms with Crippen LogP contribution in [0, 0.1) is 11.8 Å². The molecule has 1 fully saturated rings. The van der Waals surface area contributed by atoms with Crippen molar-refractivity contribution in [2.75, 3.05) is 18.8 Å². The van der Waals surface area contributed by atoms with E-state index in [4.69, 9.17) is 5.73 Å². The van der Waals surface area contributed by atoms with Gasteiger partial charge in [0, 0.05) is 37.5 Å². The van der Waals surface area contributed by atoms with Crippen molar-refractivity contribution in [2.45, 2.75) is 62.5 Å². The number of nitrogens with zero attached hydrogens (tertiary/aromatic N) is 1. The first-order chi connectivity index (χ1) is 16.7. The number of nitrogen functional groups attached to an aromatic ring is 1. The first kappa shape index (κ1) is 28.0. The van der Waals surface area contributed by atoms with Crippen LogP contribution < -0.4 is 11.1 Å². The van der Waals surface area contributed by atoms with Gasteiger partial charge in [0.1, 0.15) is 0 Å². The lowest BCUT2D eigenvalue weighted by atomic mass is 9.85. The second-order valence-corrected chi connectivity index (χ2v) is 12.1. The molecule has 0 aromatic heterocycles. The number of hydrogen-bond acceptors (Lipinski definition) is 5. The Labute approximate surface area is 211 Å². The summed E-state index contributed by atoms with van der Waals surface area (Å²) in [4.78, 5) is 13.1. The molecule has 36 heavy (non-hydrogen) atoms. The second kappa shape index (κ2) is 10.8. The third kappa shape index (κ3) is 6.41. The molecule has 1 aliphatic rings. The second-order valence-electron chi connectivity index (χ2n) is 10.2. The quantitative estimate of drug-likeness (QED) is 0.411. The summed E-state index contributed by atoms with van der Waals surface area (Å²) in [6.45, 7) is 5.10. The van der Waals surface area contributed by atoms with Crippen LogP contribution in [0.4, 0.5) is 14.5 Å². The van der Waals surface area contributed by atoms with Crippen LogP contribution >= 0.6 is 0 Å². The van der Waals surface area contributed by atoms with E-state index in [1.165, 1.54) is 28.6 Å². The lowest BCUT2D eigenvalue weighted by Gasteiger charge is -2.39. The molecule has 7 nitrogen and oxygen atoms in total.